The van der Waals surface area contributed by atoms with Gasteiger partial charge in [-0.2, -0.15) is 0 Å². The van der Waals surface area contributed by atoms with Crippen molar-refractivity contribution in [2.24, 2.45) is 0 Å². The average Bonchev–Trinajstić information content (AvgIpc) is 2.82. The summed E-state index contributed by atoms with van der Waals surface area (Å²) >= 11 is 0. The van der Waals surface area contributed by atoms with E-state index in [1.807, 2.05) is 6.20 Å². The normalized spacial score (nSPS) is 10.3. The van der Waals surface area contributed by atoms with E-state index in [1.165, 1.54) is 12.0 Å². The third-order valence-corrected chi connectivity index (χ3v) is 2.51. The summed E-state index contributed by atoms with van der Waals surface area (Å²) in [5.74, 6) is 0.956. The third kappa shape index (κ3) is 2.86. The highest BCUT2D eigenvalue weighted by atomic mass is 15.0. The number of nitrogens with zero attached hydrogens (tertiary/aromatic N) is 1. The zero-order valence-electron chi connectivity index (χ0n) is 9.53. The standard InChI is InChI=1S/C13H17N3/c1-2-3-11-4-6-12(7-5-11)16-10-13-14-8-9-15-13/h4-9,16H,2-3,10H2,1H3,(H,14,15). The third-order valence-electron chi connectivity index (χ3n) is 2.51. The topological polar surface area (TPSA) is 40.7 Å². The van der Waals surface area contributed by atoms with Crippen molar-refractivity contribution in [3.63, 3.8) is 0 Å². The maximum absolute atomic E-state index is 4.16. The molecule has 0 aliphatic rings. The second-order valence-electron chi connectivity index (χ2n) is 3.84. The number of aromatic amines is 1. The van der Waals surface area contributed by atoms with Gasteiger partial charge >= 0.3 is 0 Å². The van der Waals surface area contributed by atoms with E-state index in [4.69, 9.17) is 0 Å². The quantitative estimate of drug-likeness (QED) is 0.805. The molecule has 2 N–H and O–H groups in total. The number of nitrogens with one attached hydrogen (secondary N) is 2. The number of hydrogen-bond donors (Lipinski definition) is 2. The first-order chi connectivity index (χ1) is 7.88. The van der Waals surface area contributed by atoms with Crippen LogP contribution in [0.25, 0.3) is 0 Å². The SMILES string of the molecule is CCCc1ccc(NCc2ncc[nH]2)cc1. The van der Waals surface area contributed by atoms with Gasteiger partial charge in [-0.15, -0.1) is 0 Å². The van der Waals surface area contributed by atoms with Crippen molar-refractivity contribution in [1.82, 2.24) is 9.97 Å². The minimum atomic E-state index is 0.736. The van der Waals surface area contributed by atoms with E-state index in [1.54, 1.807) is 6.20 Å². The summed E-state index contributed by atoms with van der Waals surface area (Å²) in [5.41, 5.74) is 2.53. The molecule has 0 saturated carbocycles. The van der Waals surface area contributed by atoms with Crippen LogP contribution in [0.5, 0.6) is 0 Å². The Morgan fingerprint density at radius 1 is 1.25 bits per heavy atom. The molecule has 16 heavy (non-hydrogen) atoms. The minimum absolute atomic E-state index is 0.736. The zero-order chi connectivity index (χ0) is 11.2. The molecule has 1 aromatic carbocycles. The molecule has 0 bridgehead atoms. The molecule has 0 unspecified atom stereocenters. The first-order valence-electron chi connectivity index (χ1n) is 5.69. The second kappa shape index (κ2) is 5.35. The number of hydrogen-bond acceptors (Lipinski definition) is 2. The number of imidazole rings is 1. The van der Waals surface area contributed by atoms with Crippen LogP contribution >= 0.6 is 0 Å². The molecule has 0 atom stereocenters. The average molecular weight is 215 g/mol. The summed E-state index contributed by atoms with van der Waals surface area (Å²) in [5, 5.41) is 3.32. The fraction of sp³-hybridized carbons (Fsp3) is 0.308. The summed E-state index contributed by atoms with van der Waals surface area (Å²) in [6.45, 7) is 2.93. The van der Waals surface area contributed by atoms with Crippen molar-refractivity contribution in [2.45, 2.75) is 26.3 Å². The van der Waals surface area contributed by atoms with E-state index in [2.05, 4.69) is 46.5 Å². The Morgan fingerprint density at radius 2 is 2.06 bits per heavy atom. The number of anilines is 1. The van der Waals surface area contributed by atoms with Crippen LogP contribution in [-0.2, 0) is 13.0 Å². The first-order valence-corrected chi connectivity index (χ1v) is 5.69. The number of rotatable bonds is 5. The van der Waals surface area contributed by atoms with Crippen LogP contribution in [0, 0.1) is 0 Å². The van der Waals surface area contributed by atoms with Crippen LogP contribution in [0.1, 0.15) is 24.7 Å². The van der Waals surface area contributed by atoms with E-state index in [9.17, 15) is 0 Å². The Kier molecular flexibility index (Phi) is 3.59. The van der Waals surface area contributed by atoms with Crippen LogP contribution in [-0.4, -0.2) is 9.97 Å². The number of aromatic nitrogens is 2. The summed E-state index contributed by atoms with van der Waals surface area (Å²) in [7, 11) is 0. The molecule has 0 radical (unpaired) electrons. The van der Waals surface area contributed by atoms with Gasteiger partial charge in [0.2, 0.25) is 0 Å². The molecular formula is C13H17N3. The lowest BCUT2D eigenvalue weighted by atomic mass is 10.1. The van der Waals surface area contributed by atoms with Crippen molar-refractivity contribution >= 4 is 5.69 Å². The van der Waals surface area contributed by atoms with Gasteiger partial charge in [0.05, 0.1) is 6.54 Å². The van der Waals surface area contributed by atoms with Crippen LogP contribution in [0.15, 0.2) is 36.7 Å². The fourth-order valence-corrected chi connectivity index (χ4v) is 1.66. The Hall–Kier alpha value is -1.77. The summed E-state index contributed by atoms with van der Waals surface area (Å²) < 4.78 is 0. The highest BCUT2D eigenvalue weighted by molar-refractivity contribution is 5.44. The summed E-state index contributed by atoms with van der Waals surface area (Å²) in [6, 6.07) is 8.59. The van der Waals surface area contributed by atoms with Gasteiger partial charge in [0, 0.05) is 18.1 Å². The van der Waals surface area contributed by atoms with E-state index in [-0.39, 0.29) is 0 Å². The maximum Gasteiger partial charge on any atom is 0.125 e. The zero-order valence-corrected chi connectivity index (χ0v) is 9.53. The Morgan fingerprint density at radius 3 is 2.69 bits per heavy atom. The van der Waals surface area contributed by atoms with E-state index in [0.29, 0.717) is 0 Å². The molecule has 0 fully saturated rings. The van der Waals surface area contributed by atoms with Gasteiger partial charge in [-0.25, -0.2) is 4.98 Å². The molecule has 0 spiro atoms. The molecule has 2 rings (SSSR count). The van der Waals surface area contributed by atoms with Gasteiger partial charge in [-0.05, 0) is 24.1 Å². The fourth-order valence-electron chi connectivity index (χ4n) is 1.66. The molecule has 1 heterocycles. The Labute approximate surface area is 95.9 Å². The minimum Gasteiger partial charge on any atom is -0.378 e. The van der Waals surface area contributed by atoms with Gasteiger partial charge in [-0.1, -0.05) is 25.5 Å². The van der Waals surface area contributed by atoms with Crippen LogP contribution < -0.4 is 5.32 Å². The van der Waals surface area contributed by atoms with Crippen molar-refractivity contribution in [3.05, 3.63) is 48.0 Å². The maximum atomic E-state index is 4.16. The lowest BCUT2D eigenvalue weighted by Crippen LogP contribution is -2.00. The van der Waals surface area contributed by atoms with Crippen LogP contribution in [0.3, 0.4) is 0 Å². The van der Waals surface area contributed by atoms with Gasteiger partial charge in [0.25, 0.3) is 0 Å². The van der Waals surface area contributed by atoms with E-state index >= 15 is 0 Å². The molecule has 3 nitrogen and oxygen atoms in total. The lowest BCUT2D eigenvalue weighted by molar-refractivity contribution is 0.921. The molecule has 84 valence electrons. The van der Waals surface area contributed by atoms with Crippen LogP contribution in [0.4, 0.5) is 5.69 Å². The van der Waals surface area contributed by atoms with Gasteiger partial charge in [0.15, 0.2) is 0 Å². The molecular weight excluding hydrogens is 198 g/mol. The van der Waals surface area contributed by atoms with Gasteiger partial charge < -0.3 is 10.3 Å². The van der Waals surface area contributed by atoms with Gasteiger partial charge in [0.1, 0.15) is 5.82 Å². The molecule has 0 aliphatic carbocycles. The van der Waals surface area contributed by atoms with Crippen molar-refractivity contribution < 1.29 is 0 Å². The molecule has 0 aliphatic heterocycles. The Balaban J connectivity index is 1.90. The molecule has 2 aromatic rings. The summed E-state index contributed by atoms with van der Waals surface area (Å²) in [4.78, 5) is 7.23. The molecule has 0 amide bonds. The highest BCUT2D eigenvalue weighted by Gasteiger charge is 1.96. The van der Waals surface area contributed by atoms with Gasteiger partial charge in [-0.3, -0.25) is 0 Å². The Bertz CT molecular complexity index is 403. The van der Waals surface area contributed by atoms with Crippen molar-refractivity contribution in [3.8, 4) is 0 Å². The molecule has 0 saturated heterocycles. The van der Waals surface area contributed by atoms with Crippen LogP contribution in [0.2, 0.25) is 0 Å². The van der Waals surface area contributed by atoms with E-state index in [0.717, 1.165) is 24.5 Å². The smallest absolute Gasteiger partial charge is 0.125 e. The predicted molar refractivity (Wildman–Crippen MR) is 66.4 cm³/mol. The van der Waals surface area contributed by atoms with E-state index < -0.39 is 0 Å². The van der Waals surface area contributed by atoms with Crippen molar-refractivity contribution in [1.29, 1.82) is 0 Å². The second-order valence-corrected chi connectivity index (χ2v) is 3.84. The first kappa shape index (κ1) is 10.7. The molecule has 1 aromatic heterocycles. The van der Waals surface area contributed by atoms with Crippen molar-refractivity contribution in [2.75, 3.05) is 5.32 Å². The highest BCUT2D eigenvalue weighted by Crippen LogP contribution is 2.11. The largest absolute Gasteiger partial charge is 0.378 e. The number of benzene rings is 1. The monoisotopic (exact) mass is 215 g/mol. The number of aryl methyl sites for hydroxylation is 1. The predicted octanol–water partition coefficient (Wildman–Crippen LogP) is 2.97. The summed E-state index contributed by atoms with van der Waals surface area (Å²) in [6.07, 6.45) is 5.94. The lowest BCUT2D eigenvalue weighted by Gasteiger charge is -2.05. The molecule has 3 heteroatoms. The number of H-pyrrole nitrogens is 1.